The molecule has 0 saturated heterocycles. The van der Waals surface area contributed by atoms with E-state index in [4.69, 9.17) is 10.5 Å². The maximum absolute atomic E-state index is 11.8. The molecule has 106 valence electrons. The molecule has 19 heavy (non-hydrogen) atoms. The second-order valence-electron chi connectivity index (χ2n) is 4.62. The molecule has 0 radical (unpaired) electrons. The lowest BCUT2D eigenvalue weighted by molar-refractivity contribution is 0.0527. The predicted molar refractivity (Wildman–Crippen MR) is 79.6 cm³/mol. The Bertz CT molecular complexity index is 419. The maximum atomic E-state index is 11.8. The standard InChI is InChI=1S/C15H24N2O2/c1-4-6-7-10-17(3)12-8-9-14(16)13(11-12)15(18)19-5-2/h8-9,11H,4-7,10,16H2,1-3H3. The van der Waals surface area contributed by atoms with Gasteiger partial charge >= 0.3 is 5.97 Å². The van der Waals surface area contributed by atoms with E-state index in [1.54, 1.807) is 19.1 Å². The lowest BCUT2D eigenvalue weighted by atomic mass is 10.1. The summed E-state index contributed by atoms with van der Waals surface area (Å²) < 4.78 is 5.00. The van der Waals surface area contributed by atoms with E-state index < -0.39 is 0 Å². The van der Waals surface area contributed by atoms with Crippen molar-refractivity contribution in [3.8, 4) is 0 Å². The van der Waals surface area contributed by atoms with E-state index in [-0.39, 0.29) is 5.97 Å². The van der Waals surface area contributed by atoms with E-state index in [2.05, 4.69) is 11.8 Å². The summed E-state index contributed by atoms with van der Waals surface area (Å²) in [5, 5.41) is 0. The SMILES string of the molecule is CCCCCN(C)c1ccc(N)c(C(=O)OCC)c1. The third-order valence-corrected chi connectivity index (χ3v) is 3.07. The summed E-state index contributed by atoms with van der Waals surface area (Å²) in [6, 6.07) is 5.50. The number of anilines is 2. The number of rotatable bonds is 7. The van der Waals surface area contributed by atoms with Crippen LogP contribution in [0, 0.1) is 0 Å². The minimum atomic E-state index is -0.358. The van der Waals surface area contributed by atoms with Gasteiger partial charge in [0.2, 0.25) is 0 Å². The number of hydrogen-bond acceptors (Lipinski definition) is 4. The van der Waals surface area contributed by atoms with Crippen molar-refractivity contribution in [3.05, 3.63) is 23.8 Å². The molecule has 0 aliphatic rings. The Hall–Kier alpha value is -1.71. The third kappa shape index (κ3) is 4.47. The van der Waals surface area contributed by atoms with Gasteiger partial charge in [0, 0.05) is 25.0 Å². The van der Waals surface area contributed by atoms with Gasteiger partial charge in [-0.25, -0.2) is 4.79 Å². The van der Waals surface area contributed by atoms with Gasteiger partial charge in [0.15, 0.2) is 0 Å². The molecule has 0 atom stereocenters. The van der Waals surface area contributed by atoms with Gasteiger partial charge in [-0.05, 0) is 31.5 Å². The predicted octanol–water partition coefficient (Wildman–Crippen LogP) is 3.07. The Labute approximate surface area is 115 Å². The van der Waals surface area contributed by atoms with Crippen LogP contribution in [0.4, 0.5) is 11.4 Å². The van der Waals surface area contributed by atoms with Crippen molar-refractivity contribution in [3.63, 3.8) is 0 Å². The average Bonchev–Trinajstić information content (AvgIpc) is 2.39. The molecular weight excluding hydrogens is 240 g/mol. The second-order valence-corrected chi connectivity index (χ2v) is 4.62. The van der Waals surface area contributed by atoms with Crippen molar-refractivity contribution >= 4 is 17.3 Å². The first-order chi connectivity index (χ1) is 9.10. The minimum Gasteiger partial charge on any atom is -0.462 e. The fraction of sp³-hybridized carbons (Fsp3) is 0.533. The quantitative estimate of drug-likeness (QED) is 0.467. The van der Waals surface area contributed by atoms with Gasteiger partial charge in [-0.3, -0.25) is 0 Å². The monoisotopic (exact) mass is 264 g/mol. The van der Waals surface area contributed by atoms with Crippen molar-refractivity contribution in [1.29, 1.82) is 0 Å². The molecule has 1 aromatic carbocycles. The molecule has 2 N–H and O–H groups in total. The molecular formula is C15H24N2O2. The number of benzene rings is 1. The van der Waals surface area contributed by atoms with Crippen LogP contribution in [0.25, 0.3) is 0 Å². The summed E-state index contributed by atoms with van der Waals surface area (Å²) in [5.74, 6) is -0.358. The van der Waals surface area contributed by atoms with Crippen molar-refractivity contribution in [2.45, 2.75) is 33.1 Å². The van der Waals surface area contributed by atoms with Gasteiger partial charge in [0.1, 0.15) is 0 Å². The summed E-state index contributed by atoms with van der Waals surface area (Å²) in [6.07, 6.45) is 3.56. The molecule has 4 nitrogen and oxygen atoms in total. The van der Waals surface area contributed by atoms with E-state index in [0.717, 1.165) is 18.7 Å². The molecule has 0 bridgehead atoms. The highest BCUT2D eigenvalue weighted by Gasteiger charge is 2.12. The van der Waals surface area contributed by atoms with E-state index in [0.29, 0.717) is 17.9 Å². The summed E-state index contributed by atoms with van der Waals surface area (Å²) >= 11 is 0. The average molecular weight is 264 g/mol. The van der Waals surface area contributed by atoms with Gasteiger partial charge < -0.3 is 15.4 Å². The molecule has 0 aromatic heterocycles. The highest BCUT2D eigenvalue weighted by atomic mass is 16.5. The van der Waals surface area contributed by atoms with Crippen LogP contribution >= 0.6 is 0 Å². The van der Waals surface area contributed by atoms with Crippen LogP contribution in [0.1, 0.15) is 43.5 Å². The molecule has 0 saturated carbocycles. The van der Waals surface area contributed by atoms with Crippen LogP contribution in [-0.2, 0) is 4.74 Å². The van der Waals surface area contributed by atoms with Gasteiger partial charge in [0.25, 0.3) is 0 Å². The Kier molecular flexibility index (Phi) is 6.19. The lowest BCUT2D eigenvalue weighted by Gasteiger charge is -2.20. The zero-order chi connectivity index (χ0) is 14.3. The van der Waals surface area contributed by atoms with Crippen LogP contribution in [0.3, 0.4) is 0 Å². The van der Waals surface area contributed by atoms with Crippen molar-refractivity contribution in [1.82, 2.24) is 0 Å². The van der Waals surface area contributed by atoms with Crippen molar-refractivity contribution < 1.29 is 9.53 Å². The zero-order valence-electron chi connectivity index (χ0n) is 12.1. The van der Waals surface area contributed by atoms with Gasteiger partial charge in [0.05, 0.1) is 12.2 Å². The summed E-state index contributed by atoms with van der Waals surface area (Å²) in [7, 11) is 2.02. The van der Waals surface area contributed by atoms with Crippen molar-refractivity contribution in [2.75, 3.05) is 30.8 Å². The molecule has 4 heteroatoms. The number of nitrogen functional groups attached to an aromatic ring is 1. The third-order valence-electron chi connectivity index (χ3n) is 3.07. The number of nitrogens with two attached hydrogens (primary N) is 1. The highest BCUT2D eigenvalue weighted by molar-refractivity contribution is 5.96. The van der Waals surface area contributed by atoms with E-state index in [1.165, 1.54) is 12.8 Å². The first-order valence-corrected chi connectivity index (χ1v) is 6.87. The van der Waals surface area contributed by atoms with Crippen LogP contribution in [0.15, 0.2) is 18.2 Å². The molecule has 0 heterocycles. The Morgan fingerprint density at radius 1 is 1.32 bits per heavy atom. The molecule has 0 fully saturated rings. The molecule has 0 spiro atoms. The maximum Gasteiger partial charge on any atom is 0.340 e. The zero-order valence-corrected chi connectivity index (χ0v) is 12.1. The molecule has 1 rings (SSSR count). The second kappa shape index (κ2) is 7.67. The number of carbonyl (C=O) groups is 1. The first-order valence-electron chi connectivity index (χ1n) is 6.87. The van der Waals surface area contributed by atoms with Crippen LogP contribution < -0.4 is 10.6 Å². The first kappa shape index (κ1) is 15.3. The minimum absolute atomic E-state index is 0.356. The number of esters is 1. The topological polar surface area (TPSA) is 55.6 Å². The molecule has 1 aromatic rings. The fourth-order valence-corrected chi connectivity index (χ4v) is 1.90. The fourth-order valence-electron chi connectivity index (χ4n) is 1.90. The number of ether oxygens (including phenoxy) is 1. The largest absolute Gasteiger partial charge is 0.462 e. The smallest absolute Gasteiger partial charge is 0.340 e. The van der Waals surface area contributed by atoms with Crippen molar-refractivity contribution in [2.24, 2.45) is 0 Å². The normalized spacial score (nSPS) is 10.3. The van der Waals surface area contributed by atoms with Gasteiger partial charge in [-0.1, -0.05) is 19.8 Å². The Morgan fingerprint density at radius 2 is 2.05 bits per heavy atom. The van der Waals surface area contributed by atoms with Gasteiger partial charge in [-0.15, -0.1) is 0 Å². The Morgan fingerprint density at radius 3 is 2.68 bits per heavy atom. The molecule has 0 aliphatic heterocycles. The van der Waals surface area contributed by atoms with E-state index in [9.17, 15) is 4.79 Å². The lowest BCUT2D eigenvalue weighted by Crippen LogP contribution is -2.19. The molecule has 0 amide bonds. The summed E-state index contributed by atoms with van der Waals surface area (Å²) in [5.41, 5.74) is 7.73. The van der Waals surface area contributed by atoms with Crippen LogP contribution in [0.5, 0.6) is 0 Å². The summed E-state index contributed by atoms with van der Waals surface area (Å²) in [6.45, 7) is 5.30. The number of unbranched alkanes of at least 4 members (excludes halogenated alkanes) is 2. The van der Waals surface area contributed by atoms with E-state index >= 15 is 0 Å². The molecule has 0 aliphatic carbocycles. The Balaban J connectivity index is 2.80. The van der Waals surface area contributed by atoms with E-state index in [1.807, 2.05) is 13.1 Å². The molecule has 0 unspecified atom stereocenters. The van der Waals surface area contributed by atoms with Gasteiger partial charge in [-0.2, -0.15) is 0 Å². The number of carbonyl (C=O) groups excluding carboxylic acids is 1. The van der Waals surface area contributed by atoms with Crippen LogP contribution in [-0.4, -0.2) is 26.2 Å². The number of nitrogens with zero attached hydrogens (tertiary/aromatic N) is 1. The van der Waals surface area contributed by atoms with Crippen LogP contribution in [0.2, 0.25) is 0 Å². The summed E-state index contributed by atoms with van der Waals surface area (Å²) in [4.78, 5) is 13.9. The highest BCUT2D eigenvalue weighted by Crippen LogP contribution is 2.21. The number of hydrogen-bond donors (Lipinski definition) is 1.